The maximum Gasteiger partial charge on any atom is 0.324 e. The van der Waals surface area contributed by atoms with Crippen molar-refractivity contribution in [3.05, 3.63) is 42.1 Å². The van der Waals surface area contributed by atoms with Crippen LogP contribution in [0.1, 0.15) is 51.1 Å². The lowest BCUT2D eigenvalue weighted by molar-refractivity contribution is -0.122. The van der Waals surface area contributed by atoms with E-state index in [-0.39, 0.29) is 18.0 Å². The summed E-state index contributed by atoms with van der Waals surface area (Å²) in [6.45, 7) is 3.64. The Morgan fingerprint density at radius 3 is 2.93 bits per heavy atom. The molecule has 0 bridgehead atoms. The Bertz CT molecular complexity index is 884. The van der Waals surface area contributed by atoms with Crippen LogP contribution in [0.2, 0.25) is 0 Å². The molecule has 29 heavy (non-hydrogen) atoms. The van der Waals surface area contributed by atoms with Crippen LogP contribution < -0.4 is 10.6 Å². The lowest BCUT2D eigenvalue weighted by atomic mass is 9.87. The highest BCUT2D eigenvalue weighted by Crippen LogP contribution is 2.29. The molecule has 0 radical (unpaired) electrons. The molecule has 3 atom stereocenters. The molecule has 1 aromatic carbocycles. The van der Waals surface area contributed by atoms with Gasteiger partial charge in [-0.25, -0.2) is 4.79 Å². The lowest BCUT2D eigenvalue weighted by Crippen LogP contribution is -2.45. The van der Waals surface area contributed by atoms with Gasteiger partial charge < -0.3 is 10.2 Å². The zero-order chi connectivity index (χ0) is 20.2. The number of hydrogen-bond acceptors (Lipinski definition) is 4. The van der Waals surface area contributed by atoms with E-state index in [4.69, 9.17) is 4.98 Å². The maximum absolute atomic E-state index is 12.0. The average molecular weight is 395 g/mol. The number of fused-ring (bicyclic) bond motifs is 2. The molecule has 2 N–H and O–H groups in total. The quantitative estimate of drug-likeness (QED) is 0.671. The summed E-state index contributed by atoms with van der Waals surface area (Å²) in [4.78, 5) is 30.4. The van der Waals surface area contributed by atoms with Crippen LogP contribution in [-0.2, 0) is 11.3 Å². The molecule has 2 aliphatic rings. The van der Waals surface area contributed by atoms with Crippen LogP contribution in [0, 0.1) is 5.92 Å². The summed E-state index contributed by atoms with van der Waals surface area (Å²) in [6.07, 6.45) is 6.27. The summed E-state index contributed by atoms with van der Waals surface area (Å²) in [7, 11) is 0. The summed E-state index contributed by atoms with van der Waals surface area (Å²) in [5, 5.41) is 7.33. The van der Waals surface area contributed by atoms with Gasteiger partial charge in [0.15, 0.2) is 0 Å². The van der Waals surface area contributed by atoms with Crippen LogP contribution in [0.15, 0.2) is 36.4 Å². The first kappa shape index (κ1) is 19.8. The number of amides is 3. The van der Waals surface area contributed by atoms with Crippen molar-refractivity contribution in [2.45, 2.75) is 64.1 Å². The molecule has 2 saturated heterocycles. The first-order valence-corrected chi connectivity index (χ1v) is 10.8. The highest BCUT2D eigenvalue weighted by Gasteiger charge is 2.42. The van der Waals surface area contributed by atoms with E-state index < -0.39 is 0 Å². The number of piperidine rings is 1. The minimum absolute atomic E-state index is 0.128. The highest BCUT2D eigenvalue weighted by molar-refractivity contribution is 6.04. The van der Waals surface area contributed by atoms with E-state index in [1.54, 1.807) is 4.90 Å². The molecule has 1 aromatic heterocycles. The Morgan fingerprint density at radius 2 is 2.07 bits per heavy atom. The molecular formula is C23H30N4O2. The van der Waals surface area contributed by atoms with E-state index in [9.17, 15) is 9.59 Å². The van der Waals surface area contributed by atoms with Gasteiger partial charge >= 0.3 is 6.03 Å². The monoisotopic (exact) mass is 394 g/mol. The number of para-hydroxylation sites is 1. The summed E-state index contributed by atoms with van der Waals surface area (Å²) in [6, 6.07) is 12.3. The number of urea groups is 1. The molecule has 0 aliphatic carbocycles. The second-order valence-electron chi connectivity index (χ2n) is 8.36. The molecule has 0 saturated carbocycles. The first-order valence-electron chi connectivity index (χ1n) is 10.8. The van der Waals surface area contributed by atoms with Crippen molar-refractivity contribution >= 4 is 22.8 Å². The van der Waals surface area contributed by atoms with Crippen LogP contribution in [-0.4, -0.2) is 40.5 Å². The number of hydrogen-bond donors (Lipinski definition) is 2. The van der Waals surface area contributed by atoms with Crippen LogP contribution >= 0.6 is 0 Å². The van der Waals surface area contributed by atoms with Gasteiger partial charge in [0.25, 0.3) is 5.91 Å². The van der Waals surface area contributed by atoms with Gasteiger partial charge in [0.05, 0.1) is 11.2 Å². The number of aromatic nitrogens is 1. The van der Waals surface area contributed by atoms with Crippen molar-refractivity contribution in [1.82, 2.24) is 20.5 Å². The molecule has 2 fully saturated rings. The molecule has 3 heterocycles. The minimum atomic E-state index is -0.248. The van der Waals surface area contributed by atoms with Gasteiger partial charge in [-0.2, -0.15) is 0 Å². The van der Waals surface area contributed by atoms with E-state index in [0.717, 1.165) is 48.8 Å². The van der Waals surface area contributed by atoms with Crippen molar-refractivity contribution in [3.63, 3.8) is 0 Å². The van der Waals surface area contributed by atoms with Crippen molar-refractivity contribution in [1.29, 1.82) is 0 Å². The molecule has 6 heteroatoms. The Morgan fingerprint density at radius 1 is 1.21 bits per heavy atom. The lowest BCUT2D eigenvalue weighted by Gasteiger charge is -2.34. The summed E-state index contributed by atoms with van der Waals surface area (Å²) in [5.41, 5.74) is 2.08. The zero-order valence-corrected chi connectivity index (χ0v) is 17.1. The molecule has 154 valence electrons. The second kappa shape index (κ2) is 8.91. The van der Waals surface area contributed by atoms with E-state index in [1.165, 1.54) is 12.8 Å². The standard InChI is InChI=1S/C23H30N4O2/c1-2-3-7-18(13-16-9-12-21-22(28)26-23(29)27(21)15-16)24-14-19-11-10-17-6-4-5-8-20(17)25-19/h4-6,8,10-11,16,18,21,24H,2-3,7,9,12-15H2,1H3,(H,26,28,29). The van der Waals surface area contributed by atoms with Gasteiger partial charge in [0, 0.05) is 24.5 Å². The topological polar surface area (TPSA) is 74.3 Å². The largest absolute Gasteiger partial charge is 0.324 e. The third-order valence-corrected chi connectivity index (χ3v) is 6.23. The fourth-order valence-electron chi connectivity index (χ4n) is 4.61. The van der Waals surface area contributed by atoms with Gasteiger partial charge in [-0.15, -0.1) is 0 Å². The van der Waals surface area contributed by atoms with Crippen molar-refractivity contribution in [2.75, 3.05) is 6.54 Å². The third-order valence-electron chi connectivity index (χ3n) is 6.23. The number of nitrogens with one attached hydrogen (secondary N) is 2. The molecule has 2 aromatic rings. The van der Waals surface area contributed by atoms with Crippen molar-refractivity contribution in [2.24, 2.45) is 5.92 Å². The smallest absolute Gasteiger partial charge is 0.312 e. The molecule has 3 unspecified atom stereocenters. The number of benzene rings is 1. The van der Waals surface area contributed by atoms with Gasteiger partial charge in [0.2, 0.25) is 0 Å². The van der Waals surface area contributed by atoms with Gasteiger partial charge in [-0.05, 0) is 43.7 Å². The Labute approximate surface area is 172 Å². The van der Waals surface area contributed by atoms with Crippen LogP contribution in [0.3, 0.4) is 0 Å². The number of carbonyl (C=O) groups excluding carboxylic acids is 2. The fourth-order valence-corrected chi connectivity index (χ4v) is 4.61. The number of carbonyl (C=O) groups is 2. The zero-order valence-electron chi connectivity index (χ0n) is 17.1. The van der Waals surface area contributed by atoms with E-state index >= 15 is 0 Å². The minimum Gasteiger partial charge on any atom is -0.312 e. The van der Waals surface area contributed by atoms with Gasteiger partial charge in [-0.3, -0.25) is 15.1 Å². The van der Waals surface area contributed by atoms with E-state index in [2.05, 4.69) is 35.8 Å². The average Bonchev–Trinajstić information content (AvgIpc) is 3.03. The Kier molecular flexibility index (Phi) is 6.09. The Balaban J connectivity index is 1.37. The van der Waals surface area contributed by atoms with Crippen molar-refractivity contribution < 1.29 is 9.59 Å². The number of imide groups is 1. The number of nitrogens with zero attached hydrogens (tertiary/aromatic N) is 2. The molecule has 2 aliphatic heterocycles. The maximum atomic E-state index is 12.0. The van der Waals surface area contributed by atoms with E-state index in [0.29, 0.717) is 18.5 Å². The predicted octanol–water partition coefficient (Wildman–Crippen LogP) is 3.60. The molecule has 6 nitrogen and oxygen atoms in total. The number of unbranched alkanes of at least 4 members (excludes halogenated alkanes) is 1. The molecular weight excluding hydrogens is 364 g/mol. The Hall–Kier alpha value is -2.47. The van der Waals surface area contributed by atoms with Gasteiger partial charge in [0.1, 0.15) is 6.04 Å². The SMILES string of the molecule is CCCCC(CC1CCC2C(=O)NC(=O)N2C1)NCc1ccc2ccccc2n1. The summed E-state index contributed by atoms with van der Waals surface area (Å²) in [5.74, 6) is 0.304. The molecule has 4 rings (SSSR count). The second-order valence-corrected chi connectivity index (χ2v) is 8.36. The number of pyridine rings is 1. The van der Waals surface area contributed by atoms with Crippen LogP contribution in [0.5, 0.6) is 0 Å². The molecule has 3 amide bonds. The highest BCUT2D eigenvalue weighted by atomic mass is 16.2. The van der Waals surface area contributed by atoms with Crippen molar-refractivity contribution in [3.8, 4) is 0 Å². The first-order chi connectivity index (χ1) is 14.1. The fraction of sp³-hybridized carbons (Fsp3) is 0.522. The normalized spacial score (nSPS) is 22.6. The number of rotatable bonds is 8. The summed E-state index contributed by atoms with van der Waals surface area (Å²) >= 11 is 0. The van der Waals surface area contributed by atoms with E-state index in [1.807, 2.05) is 18.2 Å². The summed E-state index contributed by atoms with van der Waals surface area (Å²) < 4.78 is 0. The van der Waals surface area contributed by atoms with Gasteiger partial charge in [-0.1, -0.05) is 44.0 Å². The third kappa shape index (κ3) is 4.58. The van der Waals surface area contributed by atoms with Crippen LogP contribution in [0.25, 0.3) is 10.9 Å². The molecule has 0 spiro atoms. The predicted molar refractivity (Wildman–Crippen MR) is 113 cm³/mol. The van der Waals surface area contributed by atoms with Crippen LogP contribution in [0.4, 0.5) is 4.79 Å².